The molecule has 178 valence electrons. The molecule has 9 atom stereocenters. The maximum Gasteiger partial charge on any atom is 0.114 e. The van der Waals surface area contributed by atoms with E-state index in [1.165, 1.54) is 44.9 Å². The molecule has 0 bridgehead atoms. The highest BCUT2D eigenvalue weighted by molar-refractivity contribution is 5.94. The molecule has 3 N–H and O–H groups in total. The zero-order chi connectivity index (χ0) is 22.6. The smallest absolute Gasteiger partial charge is 0.114 e. The minimum absolute atomic E-state index is 0.293. The van der Waals surface area contributed by atoms with Gasteiger partial charge in [-0.3, -0.25) is 0 Å². The van der Waals surface area contributed by atoms with Gasteiger partial charge in [0.05, 0.1) is 11.8 Å². The van der Waals surface area contributed by atoms with Gasteiger partial charge in [0.1, 0.15) is 5.60 Å². The zero-order valence-electron chi connectivity index (χ0n) is 20.6. The summed E-state index contributed by atoms with van der Waals surface area (Å²) in [6, 6.07) is 0. The van der Waals surface area contributed by atoms with E-state index in [4.69, 9.17) is 0 Å². The molecule has 31 heavy (non-hydrogen) atoms. The van der Waals surface area contributed by atoms with Crippen LogP contribution in [0.5, 0.6) is 0 Å². The molecule has 4 saturated carbocycles. The fraction of sp³-hybridized carbons (Fsp3) is 0.963. The Morgan fingerprint density at radius 3 is 2.42 bits per heavy atom. The number of hydrogen-bond acceptors (Lipinski definition) is 4. The van der Waals surface area contributed by atoms with Gasteiger partial charge in [0.25, 0.3) is 0 Å². The van der Waals surface area contributed by atoms with Crippen LogP contribution in [0.15, 0.2) is 5.16 Å². The van der Waals surface area contributed by atoms with E-state index in [9.17, 15) is 15.4 Å². The number of oxime groups is 1. The van der Waals surface area contributed by atoms with Crippen molar-refractivity contribution in [3.63, 3.8) is 0 Å². The van der Waals surface area contributed by atoms with Crippen LogP contribution in [-0.4, -0.2) is 32.8 Å². The van der Waals surface area contributed by atoms with Crippen molar-refractivity contribution in [2.75, 3.05) is 0 Å². The highest BCUT2D eigenvalue weighted by Crippen LogP contribution is 2.68. The molecule has 4 rings (SSSR count). The minimum Gasteiger partial charge on any atom is -0.411 e. The zero-order valence-corrected chi connectivity index (χ0v) is 20.6. The van der Waals surface area contributed by atoms with Crippen molar-refractivity contribution in [1.82, 2.24) is 0 Å². The van der Waals surface area contributed by atoms with Crippen LogP contribution < -0.4 is 0 Å². The Kier molecular flexibility index (Phi) is 6.31. The highest BCUT2D eigenvalue weighted by Gasteiger charge is 2.67. The molecule has 0 aliphatic heterocycles. The summed E-state index contributed by atoms with van der Waals surface area (Å²) >= 11 is 0. The van der Waals surface area contributed by atoms with Crippen LogP contribution in [0.25, 0.3) is 0 Å². The number of nitrogens with zero attached hydrogens (tertiary/aromatic N) is 1. The van der Waals surface area contributed by atoms with Gasteiger partial charge in [-0.1, -0.05) is 59.0 Å². The van der Waals surface area contributed by atoms with Gasteiger partial charge in [-0.05, 0) is 85.9 Å². The second-order valence-electron chi connectivity index (χ2n) is 12.8. The summed E-state index contributed by atoms with van der Waals surface area (Å²) in [6.07, 6.45) is 11.2. The standard InChI is InChI=1S/C27H47NO3/c1-17(2)7-6-8-18(3)21-9-10-22-20-15-24(28-31)27(30)16-19(29)11-14-26(27,5)23(20)12-13-25(21,22)4/h17-23,29-31H,6-16H2,1-5H3/b28-24+/t18-,19-,20+,21-,22+,23+,25-,26-,27+/m1/s1. The lowest BCUT2D eigenvalue weighted by molar-refractivity contribution is -0.170. The Balaban J connectivity index is 1.57. The van der Waals surface area contributed by atoms with E-state index in [0.29, 0.717) is 41.7 Å². The Hall–Kier alpha value is -0.610. The molecule has 0 radical (unpaired) electrons. The lowest BCUT2D eigenvalue weighted by Crippen LogP contribution is -2.67. The second kappa shape index (κ2) is 8.31. The number of aliphatic hydroxyl groups is 2. The van der Waals surface area contributed by atoms with Crippen molar-refractivity contribution in [1.29, 1.82) is 0 Å². The quantitative estimate of drug-likeness (QED) is 0.366. The molecule has 0 aromatic heterocycles. The Labute approximate surface area is 189 Å². The van der Waals surface area contributed by atoms with E-state index in [-0.39, 0.29) is 5.41 Å². The summed E-state index contributed by atoms with van der Waals surface area (Å²) in [7, 11) is 0. The van der Waals surface area contributed by atoms with Gasteiger partial charge in [0.15, 0.2) is 0 Å². The molecule has 0 aromatic carbocycles. The van der Waals surface area contributed by atoms with E-state index >= 15 is 0 Å². The molecule has 0 aromatic rings. The van der Waals surface area contributed by atoms with Crippen molar-refractivity contribution in [2.45, 2.75) is 117 Å². The summed E-state index contributed by atoms with van der Waals surface area (Å²) in [5.41, 5.74) is -0.526. The summed E-state index contributed by atoms with van der Waals surface area (Å²) < 4.78 is 0. The van der Waals surface area contributed by atoms with Crippen molar-refractivity contribution < 1.29 is 15.4 Å². The first kappa shape index (κ1) is 23.5. The lowest BCUT2D eigenvalue weighted by atomic mass is 9.42. The number of fused-ring (bicyclic) bond motifs is 5. The molecule has 0 amide bonds. The third-order valence-corrected chi connectivity index (χ3v) is 11.0. The van der Waals surface area contributed by atoms with E-state index in [2.05, 4.69) is 39.8 Å². The molecule has 0 saturated heterocycles. The van der Waals surface area contributed by atoms with Gasteiger partial charge in [-0.2, -0.15) is 0 Å². The van der Waals surface area contributed by atoms with Crippen LogP contribution >= 0.6 is 0 Å². The predicted molar refractivity (Wildman–Crippen MR) is 125 cm³/mol. The Bertz CT molecular complexity index is 692. The summed E-state index contributed by atoms with van der Waals surface area (Å²) in [5.74, 6) is 3.98. The normalized spacial score (nSPS) is 49.5. The average Bonchev–Trinajstić information content (AvgIpc) is 3.05. The number of rotatable bonds is 5. The van der Waals surface area contributed by atoms with Crippen LogP contribution in [0.2, 0.25) is 0 Å². The third-order valence-electron chi connectivity index (χ3n) is 11.0. The minimum atomic E-state index is -1.16. The van der Waals surface area contributed by atoms with E-state index < -0.39 is 11.7 Å². The van der Waals surface area contributed by atoms with E-state index in [0.717, 1.165) is 30.6 Å². The lowest BCUT2D eigenvalue weighted by Gasteiger charge is -2.63. The fourth-order valence-electron chi connectivity index (χ4n) is 9.19. The van der Waals surface area contributed by atoms with Gasteiger partial charge in [0.2, 0.25) is 0 Å². The SMILES string of the molecule is CC(C)CCC[C@@H](C)[C@H]1CC[C@H]2[C@@H]3C/C(=N\O)[C@@]4(O)C[C@H](O)CC[C@]4(C)[C@H]3CC[C@]12C. The maximum atomic E-state index is 11.8. The van der Waals surface area contributed by atoms with Crippen LogP contribution in [0.4, 0.5) is 0 Å². The van der Waals surface area contributed by atoms with Crippen molar-refractivity contribution in [3.8, 4) is 0 Å². The van der Waals surface area contributed by atoms with Gasteiger partial charge < -0.3 is 15.4 Å². The third kappa shape index (κ3) is 3.59. The maximum absolute atomic E-state index is 11.8. The molecule has 4 aliphatic carbocycles. The first-order chi connectivity index (χ1) is 14.6. The Morgan fingerprint density at radius 1 is 1.00 bits per heavy atom. The molecule has 0 unspecified atom stereocenters. The molecular formula is C27H47NO3. The van der Waals surface area contributed by atoms with Crippen molar-refractivity contribution >= 4 is 5.71 Å². The van der Waals surface area contributed by atoms with Gasteiger partial charge in [-0.25, -0.2) is 0 Å². The molecule has 4 nitrogen and oxygen atoms in total. The monoisotopic (exact) mass is 433 g/mol. The van der Waals surface area contributed by atoms with Gasteiger partial charge in [-0.15, -0.1) is 0 Å². The molecular weight excluding hydrogens is 386 g/mol. The fourth-order valence-corrected chi connectivity index (χ4v) is 9.19. The first-order valence-corrected chi connectivity index (χ1v) is 13.2. The molecule has 0 heterocycles. The molecule has 0 spiro atoms. The van der Waals surface area contributed by atoms with Crippen LogP contribution in [0.3, 0.4) is 0 Å². The Morgan fingerprint density at radius 2 is 1.74 bits per heavy atom. The van der Waals surface area contributed by atoms with Gasteiger partial charge >= 0.3 is 0 Å². The highest BCUT2D eigenvalue weighted by atomic mass is 16.4. The second-order valence-corrected chi connectivity index (χ2v) is 12.8. The summed E-state index contributed by atoms with van der Waals surface area (Å²) in [6.45, 7) is 11.9. The summed E-state index contributed by atoms with van der Waals surface area (Å²) in [5, 5.41) is 35.7. The van der Waals surface area contributed by atoms with Gasteiger partial charge in [0, 0.05) is 11.8 Å². The first-order valence-electron chi connectivity index (χ1n) is 13.2. The predicted octanol–water partition coefficient (Wildman–Crippen LogP) is 6.02. The van der Waals surface area contributed by atoms with Crippen LogP contribution in [-0.2, 0) is 0 Å². The van der Waals surface area contributed by atoms with Crippen LogP contribution in [0, 0.1) is 46.3 Å². The molecule has 4 fully saturated rings. The molecule has 4 heteroatoms. The van der Waals surface area contributed by atoms with E-state index in [1.807, 2.05) is 0 Å². The van der Waals surface area contributed by atoms with E-state index in [1.54, 1.807) is 0 Å². The van der Waals surface area contributed by atoms with Crippen molar-refractivity contribution in [2.24, 2.45) is 51.5 Å². The topological polar surface area (TPSA) is 73.1 Å². The number of hydrogen-bond donors (Lipinski definition) is 3. The largest absolute Gasteiger partial charge is 0.411 e. The number of aliphatic hydroxyl groups excluding tert-OH is 1. The summed E-state index contributed by atoms with van der Waals surface area (Å²) in [4.78, 5) is 0. The van der Waals surface area contributed by atoms with Crippen LogP contribution in [0.1, 0.15) is 105 Å². The average molecular weight is 434 g/mol. The van der Waals surface area contributed by atoms with Crippen molar-refractivity contribution in [3.05, 3.63) is 0 Å². The molecule has 4 aliphatic rings.